The van der Waals surface area contributed by atoms with E-state index in [1.807, 2.05) is 43.9 Å². The SMILES string of the molecule is Cc1cc(Nc2nc(C)cc(C)n2)cc(C2CCCN2C(=O)C(C)(C)c2ccccc2F)n1. The summed E-state index contributed by atoms with van der Waals surface area (Å²) in [5.74, 6) is 0.0786. The molecule has 3 aromatic rings. The van der Waals surface area contributed by atoms with Crippen molar-refractivity contribution >= 4 is 17.5 Å². The van der Waals surface area contributed by atoms with Crippen LogP contribution < -0.4 is 5.32 Å². The van der Waals surface area contributed by atoms with Crippen molar-refractivity contribution in [1.82, 2.24) is 19.9 Å². The summed E-state index contributed by atoms with van der Waals surface area (Å²) < 4.78 is 14.5. The predicted octanol–water partition coefficient (Wildman–Crippen LogP) is 5.32. The molecule has 0 spiro atoms. The zero-order chi connectivity index (χ0) is 23.8. The molecule has 1 aliphatic rings. The lowest BCUT2D eigenvalue weighted by atomic mass is 9.82. The fourth-order valence-corrected chi connectivity index (χ4v) is 4.61. The second-order valence-electron chi connectivity index (χ2n) is 9.28. The van der Waals surface area contributed by atoms with E-state index in [4.69, 9.17) is 4.98 Å². The van der Waals surface area contributed by atoms with E-state index in [0.29, 0.717) is 18.1 Å². The van der Waals surface area contributed by atoms with Crippen LogP contribution in [0, 0.1) is 26.6 Å². The van der Waals surface area contributed by atoms with Crippen molar-refractivity contribution in [2.24, 2.45) is 0 Å². The van der Waals surface area contributed by atoms with Crippen molar-refractivity contribution in [3.8, 4) is 0 Å². The fourth-order valence-electron chi connectivity index (χ4n) is 4.61. The lowest BCUT2D eigenvalue weighted by Crippen LogP contribution is -2.43. The average Bonchev–Trinajstić information content (AvgIpc) is 3.22. The minimum absolute atomic E-state index is 0.0921. The molecule has 0 radical (unpaired) electrons. The van der Waals surface area contributed by atoms with E-state index in [1.165, 1.54) is 6.07 Å². The molecule has 7 heteroatoms. The van der Waals surface area contributed by atoms with Gasteiger partial charge in [0.25, 0.3) is 0 Å². The lowest BCUT2D eigenvalue weighted by molar-refractivity contribution is -0.137. The van der Waals surface area contributed by atoms with Gasteiger partial charge in [-0.3, -0.25) is 9.78 Å². The van der Waals surface area contributed by atoms with Gasteiger partial charge >= 0.3 is 0 Å². The monoisotopic (exact) mass is 447 g/mol. The molecule has 33 heavy (non-hydrogen) atoms. The van der Waals surface area contributed by atoms with Gasteiger partial charge in [-0.1, -0.05) is 18.2 Å². The van der Waals surface area contributed by atoms with Gasteiger partial charge in [0, 0.05) is 34.9 Å². The van der Waals surface area contributed by atoms with E-state index in [-0.39, 0.29) is 17.8 Å². The number of pyridine rings is 1. The van der Waals surface area contributed by atoms with Crippen molar-refractivity contribution in [1.29, 1.82) is 0 Å². The molecule has 0 aliphatic carbocycles. The largest absolute Gasteiger partial charge is 0.333 e. The van der Waals surface area contributed by atoms with Crippen molar-refractivity contribution in [3.05, 3.63) is 76.6 Å². The first-order valence-corrected chi connectivity index (χ1v) is 11.3. The van der Waals surface area contributed by atoms with Crippen molar-refractivity contribution < 1.29 is 9.18 Å². The van der Waals surface area contributed by atoms with Crippen molar-refractivity contribution in [2.45, 2.75) is 58.9 Å². The summed E-state index contributed by atoms with van der Waals surface area (Å²) in [6, 6.07) is 12.2. The number of hydrogen-bond donors (Lipinski definition) is 1. The molecule has 0 bridgehead atoms. The minimum atomic E-state index is -0.980. The molecule has 1 fully saturated rings. The molecule has 1 unspecified atom stereocenters. The molecule has 1 atom stereocenters. The zero-order valence-electron chi connectivity index (χ0n) is 19.8. The highest BCUT2D eigenvalue weighted by atomic mass is 19.1. The number of amides is 1. The van der Waals surface area contributed by atoms with E-state index in [2.05, 4.69) is 15.3 Å². The second kappa shape index (κ2) is 8.89. The molecule has 1 aliphatic heterocycles. The van der Waals surface area contributed by atoms with E-state index in [9.17, 15) is 9.18 Å². The van der Waals surface area contributed by atoms with Crippen LogP contribution in [0.4, 0.5) is 16.0 Å². The summed E-state index contributed by atoms with van der Waals surface area (Å²) >= 11 is 0. The minimum Gasteiger partial charge on any atom is -0.333 e. The third-order valence-corrected chi connectivity index (χ3v) is 6.15. The number of likely N-dealkylation sites (tertiary alicyclic amines) is 1. The van der Waals surface area contributed by atoms with Crippen molar-refractivity contribution in [3.63, 3.8) is 0 Å². The Hall–Kier alpha value is -3.35. The Bertz CT molecular complexity index is 1170. The van der Waals surface area contributed by atoms with Gasteiger partial charge in [0.2, 0.25) is 11.9 Å². The maximum Gasteiger partial charge on any atom is 0.233 e. The van der Waals surface area contributed by atoms with Crippen LogP contribution in [0.2, 0.25) is 0 Å². The summed E-state index contributed by atoms with van der Waals surface area (Å²) in [6.45, 7) is 10.0. The summed E-state index contributed by atoms with van der Waals surface area (Å²) in [5, 5.41) is 3.28. The van der Waals surface area contributed by atoms with E-state index >= 15 is 0 Å². The third-order valence-electron chi connectivity index (χ3n) is 6.15. The Labute approximate surface area is 194 Å². The smallest absolute Gasteiger partial charge is 0.233 e. The Morgan fingerprint density at radius 1 is 1.03 bits per heavy atom. The number of hydrogen-bond acceptors (Lipinski definition) is 5. The van der Waals surface area contributed by atoms with E-state index < -0.39 is 5.41 Å². The highest BCUT2D eigenvalue weighted by Gasteiger charge is 2.41. The van der Waals surface area contributed by atoms with Gasteiger partial charge in [0.15, 0.2) is 0 Å². The maximum absolute atomic E-state index is 14.5. The molecule has 1 amide bonds. The fraction of sp³-hybridized carbons (Fsp3) is 0.385. The highest BCUT2D eigenvalue weighted by molar-refractivity contribution is 5.88. The topological polar surface area (TPSA) is 71.0 Å². The van der Waals surface area contributed by atoms with Crippen LogP contribution in [-0.2, 0) is 10.2 Å². The van der Waals surface area contributed by atoms with Crippen LogP contribution in [-0.4, -0.2) is 32.3 Å². The lowest BCUT2D eigenvalue weighted by Gasteiger charge is -2.33. The van der Waals surface area contributed by atoms with Gasteiger partial charge in [0.1, 0.15) is 5.82 Å². The van der Waals surface area contributed by atoms with E-state index in [0.717, 1.165) is 41.3 Å². The normalized spacial score (nSPS) is 16.2. The first-order valence-electron chi connectivity index (χ1n) is 11.3. The zero-order valence-corrected chi connectivity index (χ0v) is 19.8. The average molecular weight is 448 g/mol. The van der Waals surface area contributed by atoms with Gasteiger partial charge in [-0.15, -0.1) is 0 Å². The Morgan fingerprint density at radius 3 is 2.39 bits per heavy atom. The number of aryl methyl sites for hydroxylation is 3. The molecule has 3 heterocycles. The first-order chi connectivity index (χ1) is 15.6. The van der Waals surface area contributed by atoms with Gasteiger partial charge < -0.3 is 10.2 Å². The predicted molar refractivity (Wildman–Crippen MR) is 127 cm³/mol. The molecule has 1 saturated heterocycles. The number of halogens is 1. The molecule has 4 rings (SSSR count). The highest BCUT2D eigenvalue weighted by Crippen LogP contribution is 2.37. The maximum atomic E-state index is 14.5. The van der Waals surface area contributed by atoms with Gasteiger partial charge in [-0.05, 0) is 71.7 Å². The summed E-state index contributed by atoms with van der Waals surface area (Å²) in [5.41, 5.74) is 3.69. The van der Waals surface area contributed by atoms with Gasteiger partial charge in [0.05, 0.1) is 17.2 Å². The molecule has 2 aromatic heterocycles. The Balaban J connectivity index is 1.63. The quantitative estimate of drug-likeness (QED) is 0.573. The second-order valence-corrected chi connectivity index (χ2v) is 9.28. The Kier molecular flexibility index (Phi) is 6.15. The number of rotatable bonds is 5. The summed E-state index contributed by atoms with van der Waals surface area (Å²) in [4.78, 5) is 29.2. The number of nitrogens with one attached hydrogen (secondary N) is 1. The van der Waals surface area contributed by atoms with Gasteiger partial charge in [-0.2, -0.15) is 0 Å². The molecule has 172 valence electrons. The molecular formula is C26H30FN5O. The van der Waals surface area contributed by atoms with Crippen LogP contribution >= 0.6 is 0 Å². The van der Waals surface area contributed by atoms with Crippen LogP contribution in [0.1, 0.15) is 61.1 Å². The number of anilines is 2. The van der Waals surface area contributed by atoms with E-state index in [1.54, 1.807) is 32.0 Å². The molecule has 1 N–H and O–H groups in total. The van der Waals surface area contributed by atoms with Crippen LogP contribution in [0.5, 0.6) is 0 Å². The summed E-state index contributed by atoms with van der Waals surface area (Å²) in [7, 11) is 0. The molecular weight excluding hydrogens is 417 g/mol. The van der Waals surface area contributed by atoms with Crippen LogP contribution in [0.3, 0.4) is 0 Å². The van der Waals surface area contributed by atoms with Crippen LogP contribution in [0.15, 0.2) is 42.5 Å². The van der Waals surface area contributed by atoms with Crippen LogP contribution in [0.25, 0.3) is 0 Å². The first kappa shape index (κ1) is 22.8. The molecule has 0 saturated carbocycles. The third kappa shape index (κ3) is 4.72. The van der Waals surface area contributed by atoms with Gasteiger partial charge in [-0.25, -0.2) is 14.4 Å². The number of aromatic nitrogens is 3. The molecule has 1 aromatic carbocycles. The number of carbonyl (C=O) groups is 1. The number of nitrogens with zero attached hydrogens (tertiary/aromatic N) is 4. The standard InChI is InChI=1S/C26H30FN5O/c1-16-13-17(2)30-25(29-16)31-19-14-18(3)28-22(15-19)23-11-8-12-32(23)24(33)26(4,5)20-9-6-7-10-21(20)27/h6-7,9-10,13-15,23H,8,11-12H2,1-5H3,(H,28,29,30,31). The number of benzene rings is 1. The summed E-state index contributed by atoms with van der Waals surface area (Å²) in [6.07, 6.45) is 1.69. The number of carbonyl (C=O) groups excluding carboxylic acids is 1. The Morgan fingerprint density at radius 2 is 1.70 bits per heavy atom. The molecule has 6 nitrogen and oxygen atoms in total. The van der Waals surface area contributed by atoms with Crippen molar-refractivity contribution in [2.75, 3.05) is 11.9 Å².